The van der Waals surface area contributed by atoms with E-state index in [0.29, 0.717) is 5.69 Å². The van der Waals surface area contributed by atoms with E-state index < -0.39 is 17.4 Å². The molecule has 0 saturated heterocycles. The van der Waals surface area contributed by atoms with E-state index in [4.69, 9.17) is 10.2 Å². The number of nitro benzene ring substituents is 1. The van der Waals surface area contributed by atoms with Crippen molar-refractivity contribution in [2.45, 2.75) is 26.3 Å². The van der Waals surface area contributed by atoms with Crippen molar-refractivity contribution in [1.82, 2.24) is 0 Å². The van der Waals surface area contributed by atoms with Gasteiger partial charge in [0.1, 0.15) is 18.1 Å². The Labute approximate surface area is 98.2 Å². The lowest BCUT2D eigenvalue weighted by molar-refractivity contribution is -0.383. The number of nitro groups is 1. The summed E-state index contributed by atoms with van der Waals surface area (Å²) in [5.41, 5.74) is 0.487. The monoisotopic (exact) mass is 241 g/mol. The number of hydrogen-bond acceptors (Lipinski definition) is 6. The third-order valence-corrected chi connectivity index (χ3v) is 1.93. The van der Waals surface area contributed by atoms with Crippen LogP contribution in [0.3, 0.4) is 0 Å². The van der Waals surface area contributed by atoms with Gasteiger partial charge in [-0.1, -0.05) is 0 Å². The highest BCUT2D eigenvalue weighted by Crippen LogP contribution is 2.28. The van der Waals surface area contributed by atoms with E-state index in [0.717, 1.165) is 0 Å². The van der Waals surface area contributed by atoms with Crippen molar-refractivity contribution in [2.24, 2.45) is 0 Å². The fourth-order valence-corrected chi connectivity index (χ4v) is 1.36. The lowest BCUT2D eigenvalue weighted by Crippen LogP contribution is -2.16. The SMILES string of the molecule is CC(O)Nc1ccc(NC(C)O)c([N+](=O)[O-])c1. The zero-order valence-corrected chi connectivity index (χ0v) is 9.54. The van der Waals surface area contributed by atoms with E-state index in [1.54, 1.807) is 6.07 Å². The molecular weight excluding hydrogens is 226 g/mol. The molecule has 0 spiro atoms. The average Bonchev–Trinajstić information content (AvgIpc) is 2.18. The number of anilines is 2. The van der Waals surface area contributed by atoms with E-state index >= 15 is 0 Å². The van der Waals surface area contributed by atoms with Crippen LogP contribution >= 0.6 is 0 Å². The molecule has 7 heteroatoms. The Morgan fingerprint density at radius 3 is 2.29 bits per heavy atom. The van der Waals surface area contributed by atoms with Crippen molar-refractivity contribution in [3.8, 4) is 0 Å². The predicted octanol–water partition coefficient (Wildman–Crippen LogP) is 1.10. The molecule has 0 amide bonds. The minimum atomic E-state index is -0.885. The molecule has 94 valence electrons. The summed E-state index contributed by atoms with van der Waals surface area (Å²) in [4.78, 5) is 10.3. The summed E-state index contributed by atoms with van der Waals surface area (Å²) in [6.07, 6.45) is -1.69. The molecule has 2 atom stereocenters. The highest BCUT2D eigenvalue weighted by molar-refractivity contribution is 5.68. The normalized spacial score (nSPS) is 13.9. The molecule has 1 aromatic rings. The van der Waals surface area contributed by atoms with Crippen LogP contribution in [0.1, 0.15) is 13.8 Å². The Hall–Kier alpha value is -1.86. The summed E-state index contributed by atoms with van der Waals surface area (Å²) >= 11 is 0. The summed E-state index contributed by atoms with van der Waals surface area (Å²) in [6.45, 7) is 2.97. The number of hydrogen-bond donors (Lipinski definition) is 4. The van der Waals surface area contributed by atoms with Crippen LogP contribution in [0.5, 0.6) is 0 Å². The first-order valence-corrected chi connectivity index (χ1v) is 5.08. The quantitative estimate of drug-likeness (QED) is 0.349. The van der Waals surface area contributed by atoms with Crippen LogP contribution in [-0.2, 0) is 0 Å². The molecule has 0 aliphatic carbocycles. The standard InChI is InChI=1S/C10H15N3O4/c1-6(14)11-8-3-4-9(12-7(2)15)10(5-8)13(16)17/h3-7,11-12,14-15H,1-2H3. The molecule has 1 rings (SSSR count). The van der Waals surface area contributed by atoms with Gasteiger partial charge in [0.15, 0.2) is 0 Å². The maximum Gasteiger partial charge on any atom is 0.294 e. The summed E-state index contributed by atoms with van der Waals surface area (Å²) < 4.78 is 0. The van der Waals surface area contributed by atoms with Gasteiger partial charge in [-0.2, -0.15) is 0 Å². The molecule has 0 aromatic heterocycles. The molecule has 0 radical (unpaired) electrons. The van der Waals surface area contributed by atoms with Gasteiger partial charge in [-0.15, -0.1) is 0 Å². The van der Waals surface area contributed by atoms with E-state index in [2.05, 4.69) is 10.6 Å². The van der Waals surface area contributed by atoms with Gasteiger partial charge in [0, 0.05) is 11.8 Å². The Kier molecular flexibility index (Phi) is 4.24. The second-order valence-corrected chi connectivity index (χ2v) is 3.63. The largest absolute Gasteiger partial charge is 0.374 e. The van der Waals surface area contributed by atoms with Gasteiger partial charge < -0.3 is 20.8 Å². The zero-order valence-electron chi connectivity index (χ0n) is 9.54. The van der Waals surface area contributed by atoms with Crippen molar-refractivity contribution < 1.29 is 15.1 Å². The van der Waals surface area contributed by atoms with Gasteiger partial charge in [0.25, 0.3) is 5.69 Å². The van der Waals surface area contributed by atoms with Gasteiger partial charge >= 0.3 is 0 Å². The molecule has 17 heavy (non-hydrogen) atoms. The second-order valence-electron chi connectivity index (χ2n) is 3.63. The average molecular weight is 241 g/mol. The van der Waals surface area contributed by atoms with Crippen LogP contribution in [0.15, 0.2) is 18.2 Å². The van der Waals surface area contributed by atoms with Crippen LogP contribution < -0.4 is 10.6 Å². The number of benzene rings is 1. The molecule has 0 aliphatic rings. The Morgan fingerprint density at radius 2 is 1.82 bits per heavy atom. The highest BCUT2D eigenvalue weighted by Gasteiger charge is 2.15. The molecule has 0 aliphatic heterocycles. The Morgan fingerprint density at radius 1 is 1.24 bits per heavy atom. The third-order valence-electron chi connectivity index (χ3n) is 1.93. The first-order valence-electron chi connectivity index (χ1n) is 5.08. The van der Waals surface area contributed by atoms with Crippen LogP contribution in [0.4, 0.5) is 17.1 Å². The first-order chi connectivity index (χ1) is 7.90. The molecule has 0 saturated carbocycles. The summed E-state index contributed by atoms with van der Waals surface area (Å²) in [6, 6.07) is 4.33. The maximum atomic E-state index is 10.8. The maximum absolute atomic E-state index is 10.8. The minimum Gasteiger partial charge on any atom is -0.374 e. The second kappa shape index (κ2) is 5.46. The lowest BCUT2D eigenvalue weighted by Gasteiger charge is -2.12. The van der Waals surface area contributed by atoms with Crippen molar-refractivity contribution in [3.05, 3.63) is 28.3 Å². The molecule has 4 N–H and O–H groups in total. The van der Waals surface area contributed by atoms with Crippen molar-refractivity contribution in [3.63, 3.8) is 0 Å². The van der Waals surface area contributed by atoms with E-state index in [-0.39, 0.29) is 11.4 Å². The van der Waals surface area contributed by atoms with Crippen molar-refractivity contribution in [2.75, 3.05) is 10.6 Å². The molecule has 7 nitrogen and oxygen atoms in total. The van der Waals surface area contributed by atoms with Crippen LogP contribution in [0, 0.1) is 10.1 Å². The Bertz CT molecular complexity index is 407. The molecular formula is C10H15N3O4. The Balaban J connectivity index is 3.04. The van der Waals surface area contributed by atoms with Crippen molar-refractivity contribution >= 4 is 17.1 Å². The van der Waals surface area contributed by atoms with Gasteiger partial charge in [0.2, 0.25) is 0 Å². The highest BCUT2D eigenvalue weighted by atomic mass is 16.6. The number of rotatable bonds is 5. The van der Waals surface area contributed by atoms with Crippen LogP contribution in [0.25, 0.3) is 0 Å². The topological polar surface area (TPSA) is 108 Å². The van der Waals surface area contributed by atoms with E-state index in [1.165, 1.54) is 26.0 Å². The summed E-state index contributed by atoms with van der Waals surface area (Å²) in [5, 5.41) is 34.3. The van der Waals surface area contributed by atoms with Gasteiger partial charge in [-0.25, -0.2) is 0 Å². The fourth-order valence-electron chi connectivity index (χ4n) is 1.36. The smallest absolute Gasteiger partial charge is 0.294 e. The fraction of sp³-hybridized carbons (Fsp3) is 0.400. The van der Waals surface area contributed by atoms with E-state index in [9.17, 15) is 10.1 Å². The lowest BCUT2D eigenvalue weighted by atomic mass is 10.2. The van der Waals surface area contributed by atoms with Crippen LogP contribution in [0.2, 0.25) is 0 Å². The summed E-state index contributed by atoms with van der Waals surface area (Å²) in [5.74, 6) is 0. The first kappa shape index (κ1) is 13.2. The molecule has 2 unspecified atom stereocenters. The molecule has 1 aromatic carbocycles. The van der Waals surface area contributed by atoms with Gasteiger partial charge in [0.05, 0.1) is 4.92 Å². The minimum absolute atomic E-state index is 0.170. The molecule has 0 fully saturated rings. The van der Waals surface area contributed by atoms with Crippen molar-refractivity contribution in [1.29, 1.82) is 0 Å². The number of aliphatic hydroxyl groups excluding tert-OH is 2. The number of aliphatic hydroxyl groups is 2. The molecule has 0 heterocycles. The van der Waals surface area contributed by atoms with Crippen LogP contribution in [-0.4, -0.2) is 27.6 Å². The predicted molar refractivity (Wildman–Crippen MR) is 63.7 cm³/mol. The van der Waals surface area contributed by atoms with Gasteiger partial charge in [-0.3, -0.25) is 10.1 Å². The zero-order chi connectivity index (χ0) is 13.0. The van der Waals surface area contributed by atoms with Gasteiger partial charge in [-0.05, 0) is 26.0 Å². The number of nitrogens with one attached hydrogen (secondary N) is 2. The van der Waals surface area contributed by atoms with E-state index in [1.807, 2.05) is 0 Å². The molecule has 0 bridgehead atoms. The summed E-state index contributed by atoms with van der Waals surface area (Å²) in [7, 11) is 0. The third kappa shape index (κ3) is 3.89. The number of nitrogens with zero attached hydrogens (tertiary/aromatic N) is 1.